The van der Waals surface area contributed by atoms with Gasteiger partial charge in [-0.1, -0.05) is 167 Å². The molecule has 2 aliphatic rings. The quantitative estimate of drug-likeness (QED) is 0.188. The minimum absolute atomic E-state index is 0.0515. The molecule has 50 heavy (non-hydrogen) atoms. The van der Waals surface area contributed by atoms with Crippen LogP contribution in [0.1, 0.15) is 72.6 Å². The standard InChI is InChI=1S/C47H38N2S/c1-46(2)36-21-13-11-19-34(36)44(35-20-12-14-22-37(35)46)33-24-26-43-39(28-33)47(3,4)38-27-32(23-25-42(38)50-43)41-29-40(30-15-7-5-8-16-30)48-45(49-41)31-17-9-6-10-18-31/h5-29,44H,1-4H3. The van der Waals surface area contributed by atoms with Gasteiger partial charge in [0.25, 0.3) is 0 Å². The van der Waals surface area contributed by atoms with E-state index >= 15 is 0 Å². The molecule has 7 aromatic rings. The molecule has 2 nitrogen and oxygen atoms in total. The van der Waals surface area contributed by atoms with E-state index in [1.807, 2.05) is 36.0 Å². The molecule has 0 unspecified atom stereocenters. The minimum atomic E-state index is -0.216. The third kappa shape index (κ3) is 4.95. The van der Waals surface area contributed by atoms with Crippen LogP contribution in [0.3, 0.4) is 0 Å². The fourth-order valence-electron chi connectivity index (χ4n) is 8.21. The van der Waals surface area contributed by atoms with Crippen molar-refractivity contribution >= 4 is 11.8 Å². The molecular formula is C47H38N2S. The van der Waals surface area contributed by atoms with E-state index in [1.54, 1.807) is 0 Å². The maximum atomic E-state index is 5.15. The monoisotopic (exact) mass is 662 g/mol. The van der Waals surface area contributed by atoms with Crippen LogP contribution in [-0.2, 0) is 10.8 Å². The van der Waals surface area contributed by atoms with E-state index < -0.39 is 0 Å². The zero-order valence-corrected chi connectivity index (χ0v) is 29.6. The lowest BCUT2D eigenvalue weighted by Gasteiger charge is -2.40. The van der Waals surface area contributed by atoms with Crippen molar-refractivity contribution < 1.29 is 0 Å². The second kappa shape index (κ2) is 11.7. The van der Waals surface area contributed by atoms with Crippen molar-refractivity contribution in [1.82, 2.24) is 9.97 Å². The van der Waals surface area contributed by atoms with Gasteiger partial charge in [0.05, 0.1) is 11.4 Å². The van der Waals surface area contributed by atoms with Gasteiger partial charge in [-0.05, 0) is 63.2 Å². The maximum Gasteiger partial charge on any atom is 0.160 e. The van der Waals surface area contributed by atoms with E-state index in [-0.39, 0.29) is 16.7 Å². The van der Waals surface area contributed by atoms with Crippen molar-refractivity contribution in [3.05, 3.63) is 191 Å². The van der Waals surface area contributed by atoms with Gasteiger partial charge in [0.2, 0.25) is 0 Å². The molecule has 9 rings (SSSR count). The molecule has 0 spiro atoms. The fourth-order valence-corrected chi connectivity index (χ4v) is 9.57. The smallest absolute Gasteiger partial charge is 0.160 e. The molecule has 0 N–H and O–H groups in total. The van der Waals surface area contributed by atoms with Crippen molar-refractivity contribution in [1.29, 1.82) is 0 Å². The SMILES string of the molecule is CC1(C)c2cc(-c3cc(-c4ccccc4)nc(-c4ccccc4)n3)ccc2Sc2ccc(C3c4ccccc4C(C)(C)c4ccccc43)cc21. The summed E-state index contributed by atoms with van der Waals surface area (Å²) in [4.78, 5) is 12.8. The van der Waals surface area contributed by atoms with Crippen LogP contribution in [0.4, 0.5) is 0 Å². The highest BCUT2D eigenvalue weighted by molar-refractivity contribution is 7.99. The molecule has 2 heterocycles. The second-order valence-electron chi connectivity index (χ2n) is 14.6. The average molecular weight is 663 g/mol. The largest absolute Gasteiger partial charge is 0.228 e. The molecule has 0 saturated carbocycles. The van der Waals surface area contributed by atoms with Gasteiger partial charge in [-0.25, -0.2) is 9.97 Å². The Morgan fingerprint density at radius 3 is 1.58 bits per heavy atom. The van der Waals surface area contributed by atoms with E-state index in [0.717, 1.165) is 33.9 Å². The van der Waals surface area contributed by atoms with Crippen LogP contribution in [0.15, 0.2) is 161 Å². The highest BCUT2D eigenvalue weighted by Gasteiger charge is 2.39. The summed E-state index contributed by atoms with van der Waals surface area (Å²) in [5.74, 6) is 0.919. The van der Waals surface area contributed by atoms with E-state index in [1.165, 1.54) is 48.7 Å². The van der Waals surface area contributed by atoms with E-state index in [9.17, 15) is 0 Å². The number of aromatic nitrogens is 2. The number of benzene rings is 6. The normalized spacial score (nSPS) is 15.4. The molecule has 0 bridgehead atoms. The second-order valence-corrected chi connectivity index (χ2v) is 15.7. The molecule has 1 aromatic heterocycles. The summed E-state index contributed by atoms with van der Waals surface area (Å²) in [6, 6.07) is 55.1. The maximum absolute atomic E-state index is 5.15. The molecule has 6 aromatic carbocycles. The van der Waals surface area contributed by atoms with Crippen LogP contribution in [0.5, 0.6) is 0 Å². The number of fused-ring (bicyclic) bond motifs is 4. The molecule has 0 saturated heterocycles. The van der Waals surface area contributed by atoms with Crippen LogP contribution < -0.4 is 0 Å². The first-order chi connectivity index (χ1) is 24.3. The Labute approximate surface area is 299 Å². The van der Waals surface area contributed by atoms with Gasteiger partial charge in [-0.3, -0.25) is 0 Å². The number of hydrogen-bond donors (Lipinski definition) is 0. The zero-order valence-electron chi connectivity index (χ0n) is 28.8. The summed E-state index contributed by atoms with van der Waals surface area (Å²) in [7, 11) is 0. The summed E-state index contributed by atoms with van der Waals surface area (Å²) in [5.41, 5.74) is 14.5. The van der Waals surface area contributed by atoms with Gasteiger partial charge in [0.15, 0.2) is 5.82 Å². The number of nitrogens with zero attached hydrogens (tertiary/aromatic N) is 2. The van der Waals surface area contributed by atoms with Crippen LogP contribution in [0, 0.1) is 0 Å². The van der Waals surface area contributed by atoms with Crippen LogP contribution >= 0.6 is 11.8 Å². The van der Waals surface area contributed by atoms with E-state index in [2.05, 4.69) is 155 Å². The van der Waals surface area contributed by atoms with Gasteiger partial charge >= 0.3 is 0 Å². The summed E-state index contributed by atoms with van der Waals surface area (Å²) in [5, 5.41) is 0. The summed E-state index contributed by atoms with van der Waals surface area (Å²) < 4.78 is 0. The molecule has 0 amide bonds. The lowest BCUT2D eigenvalue weighted by Crippen LogP contribution is -2.30. The van der Waals surface area contributed by atoms with Crippen molar-refractivity contribution in [2.45, 2.75) is 54.2 Å². The Kier molecular flexibility index (Phi) is 7.19. The predicted molar refractivity (Wildman–Crippen MR) is 207 cm³/mol. The topological polar surface area (TPSA) is 25.8 Å². The van der Waals surface area contributed by atoms with E-state index in [4.69, 9.17) is 9.97 Å². The average Bonchev–Trinajstić information content (AvgIpc) is 3.16. The number of rotatable bonds is 4. The van der Waals surface area contributed by atoms with E-state index in [0.29, 0.717) is 0 Å². The molecule has 0 atom stereocenters. The number of hydrogen-bond acceptors (Lipinski definition) is 3. The Morgan fingerprint density at radius 1 is 0.440 bits per heavy atom. The first kappa shape index (κ1) is 30.8. The van der Waals surface area contributed by atoms with Gasteiger partial charge in [0, 0.05) is 43.2 Å². The van der Waals surface area contributed by atoms with Crippen LogP contribution in [0.2, 0.25) is 0 Å². The Balaban J connectivity index is 1.16. The van der Waals surface area contributed by atoms with Crippen LogP contribution in [-0.4, -0.2) is 9.97 Å². The lowest BCUT2D eigenvalue weighted by molar-refractivity contribution is 0.592. The molecular weight excluding hydrogens is 625 g/mol. The first-order valence-electron chi connectivity index (χ1n) is 17.4. The Hall–Kier alpha value is -5.25. The van der Waals surface area contributed by atoms with Crippen molar-refractivity contribution in [3.8, 4) is 33.9 Å². The molecule has 3 heteroatoms. The van der Waals surface area contributed by atoms with Gasteiger partial charge in [-0.2, -0.15) is 0 Å². The van der Waals surface area contributed by atoms with Gasteiger partial charge < -0.3 is 0 Å². The zero-order chi connectivity index (χ0) is 34.0. The summed E-state index contributed by atoms with van der Waals surface area (Å²) >= 11 is 1.88. The van der Waals surface area contributed by atoms with Crippen LogP contribution in [0.25, 0.3) is 33.9 Å². The highest BCUT2D eigenvalue weighted by atomic mass is 32.2. The Morgan fingerprint density at radius 2 is 0.940 bits per heavy atom. The molecule has 1 aliphatic heterocycles. The molecule has 0 radical (unpaired) electrons. The van der Waals surface area contributed by atoms with Crippen molar-refractivity contribution in [2.24, 2.45) is 0 Å². The molecule has 0 fully saturated rings. The summed E-state index contributed by atoms with van der Waals surface area (Å²) in [6.07, 6.45) is 0. The van der Waals surface area contributed by atoms with Crippen molar-refractivity contribution in [3.63, 3.8) is 0 Å². The minimum Gasteiger partial charge on any atom is -0.228 e. The highest BCUT2D eigenvalue weighted by Crippen LogP contribution is 2.53. The Bertz CT molecular complexity index is 2300. The molecule has 1 aliphatic carbocycles. The van der Waals surface area contributed by atoms with Gasteiger partial charge in [0.1, 0.15) is 0 Å². The fraction of sp³-hybridized carbons (Fsp3) is 0.149. The third-order valence-corrected chi connectivity index (χ3v) is 12.0. The first-order valence-corrected chi connectivity index (χ1v) is 18.3. The predicted octanol–water partition coefficient (Wildman–Crippen LogP) is 12.1. The van der Waals surface area contributed by atoms with Crippen molar-refractivity contribution in [2.75, 3.05) is 0 Å². The summed E-state index contributed by atoms with van der Waals surface area (Å²) in [6.45, 7) is 9.50. The third-order valence-electron chi connectivity index (χ3n) is 10.9. The molecule has 242 valence electrons. The van der Waals surface area contributed by atoms with Gasteiger partial charge in [-0.15, -0.1) is 0 Å². The lowest BCUT2D eigenvalue weighted by atomic mass is 9.63.